The number of carbonyl (C=O) groups excluding carboxylic acids is 1. The first-order chi connectivity index (χ1) is 8.69. The van der Waals surface area contributed by atoms with Crippen LogP contribution in [0.3, 0.4) is 0 Å². The highest BCUT2D eigenvalue weighted by Gasteiger charge is 2.42. The third-order valence-corrected chi connectivity index (χ3v) is 3.84. The summed E-state index contributed by atoms with van der Waals surface area (Å²) in [5.74, 6) is -0.0746. The third-order valence-electron chi connectivity index (χ3n) is 3.84. The van der Waals surface area contributed by atoms with Crippen molar-refractivity contribution in [2.24, 2.45) is 0 Å². The van der Waals surface area contributed by atoms with Crippen molar-refractivity contribution < 1.29 is 9.53 Å². The third kappa shape index (κ3) is 2.35. The number of anilines is 1. The molecule has 2 N–H and O–H groups in total. The van der Waals surface area contributed by atoms with Gasteiger partial charge in [-0.2, -0.15) is 0 Å². The van der Waals surface area contributed by atoms with Gasteiger partial charge < -0.3 is 10.5 Å². The summed E-state index contributed by atoms with van der Waals surface area (Å²) in [7, 11) is 0. The molecule has 0 heterocycles. The molecule has 0 unspecified atom stereocenters. The Hall–Kier alpha value is -1.51. The minimum atomic E-state index is -0.442. The van der Waals surface area contributed by atoms with E-state index in [1.54, 1.807) is 0 Å². The SMILES string of the molecule is CCOC(=O)C1(c2ccc(N)cc2)CCCCC1. The summed E-state index contributed by atoms with van der Waals surface area (Å²) < 4.78 is 5.30. The summed E-state index contributed by atoms with van der Waals surface area (Å²) in [6, 6.07) is 7.67. The zero-order valence-corrected chi connectivity index (χ0v) is 10.9. The standard InChI is InChI=1S/C15H21NO2/c1-2-18-14(17)15(10-4-3-5-11-15)12-6-8-13(16)9-7-12/h6-9H,2-5,10-11,16H2,1H3. The average Bonchev–Trinajstić information content (AvgIpc) is 2.40. The number of hydrogen-bond acceptors (Lipinski definition) is 3. The molecule has 98 valence electrons. The van der Waals surface area contributed by atoms with Gasteiger partial charge in [-0.1, -0.05) is 31.4 Å². The molecule has 18 heavy (non-hydrogen) atoms. The second-order valence-electron chi connectivity index (χ2n) is 4.99. The molecule has 0 amide bonds. The maximum atomic E-state index is 12.4. The molecule has 0 aliphatic heterocycles. The van der Waals surface area contributed by atoms with E-state index in [4.69, 9.17) is 10.5 Å². The Balaban J connectivity index is 2.34. The molecule has 0 bridgehead atoms. The molecule has 1 fully saturated rings. The monoisotopic (exact) mass is 247 g/mol. The maximum absolute atomic E-state index is 12.4. The first-order valence-corrected chi connectivity index (χ1v) is 6.72. The molecule has 1 saturated carbocycles. The van der Waals surface area contributed by atoms with Crippen LogP contribution >= 0.6 is 0 Å². The van der Waals surface area contributed by atoms with Crippen molar-refractivity contribution in [2.75, 3.05) is 12.3 Å². The first-order valence-electron chi connectivity index (χ1n) is 6.72. The van der Waals surface area contributed by atoms with Crippen molar-refractivity contribution in [3.63, 3.8) is 0 Å². The van der Waals surface area contributed by atoms with Crippen LogP contribution in [0.15, 0.2) is 24.3 Å². The average molecular weight is 247 g/mol. The zero-order valence-electron chi connectivity index (χ0n) is 10.9. The van der Waals surface area contributed by atoms with Gasteiger partial charge in [0, 0.05) is 5.69 Å². The van der Waals surface area contributed by atoms with E-state index in [0.717, 1.165) is 36.9 Å². The molecule has 1 aromatic rings. The summed E-state index contributed by atoms with van der Waals surface area (Å²) in [6.45, 7) is 2.30. The second-order valence-corrected chi connectivity index (χ2v) is 4.99. The number of carbonyl (C=O) groups is 1. The van der Waals surface area contributed by atoms with Gasteiger partial charge >= 0.3 is 5.97 Å². The van der Waals surface area contributed by atoms with Gasteiger partial charge in [0.05, 0.1) is 12.0 Å². The van der Waals surface area contributed by atoms with E-state index < -0.39 is 5.41 Å². The lowest BCUT2D eigenvalue weighted by Gasteiger charge is -2.35. The van der Waals surface area contributed by atoms with Crippen molar-refractivity contribution in [1.82, 2.24) is 0 Å². The van der Waals surface area contributed by atoms with Gasteiger partial charge in [-0.05, 0) is 37.5 Å². The van der Waals surface area contributed by atoms with Crippen LogP contribution in [-0.4, -0.2) is 12.6 Å². The highest BCUT2D eigenvalue weighted by atomic mass is 16.5. The van der Waals surface area contributed by atoms with Gasteiger partial charge in [0.15, 0.2) is 0 Å². The molecule has 1 aliphatic rings. The van der Waals surface area contributed by atoms with Gasteiger partial charge in [-0.3, -0.25) is 4.79 Å². The number of benzene rings is 1. The van der Waals surface area contributed by atoms with Crippen LogP contribution < -0.4 is 5.73 Å². The van der Waals surface area contributed by atoms with E-state index in [1.165, 1.54) is 6.42 Å². The lowest BCUT2D eigenvalue weighted by atomic mass is 9.69. The molecule has 2 rings (SSSR count). The number of nitrogen functional groups attached to an aromatic ring is 1. The fourth-order valence-corrected chi connectivity index (χ4v) is 2.84. The molecule has 3 nitrogen and oxygen atoms in total. The largest absolute Gasteiger partial charge is 0.465 e. The van der Waals surface area contributed by atoms with E-state index in [1.807, 2.05) is 31.2 Å². The molecule has 0 aromatic heterocycles. The predicted molar refractivity (Wildman–Crippen MR) is 72.3 cm³/mol. The Morgan fingerprint density at radius 2 is 1.83 bits per heavy atom. The zero-order chi connectivity index (χ0) is 13.0. The molecular formula is C15H21NO2. The Kier molecular flexibility index (Phi) is 3.90. The van der Waals surface area contributed by atoms with Gasteiger partial charge in [-0.25, -0.2) is 0 Å². The lowest BCUT2D eigenvalue weighted by molar-refractivity contribution is -0.151. The number of rotatable bonds is 3. The van der Waals surface area contributed by atoms with Crippen molar-refractivity contribution in [3.05, 3.63) is 29.8 Å². The van der Waals surface area contributed by atoms with Crippen LogP contribution in [0.5, 0.6) is 0 Å². The van der Waals surface area contributed by atoms with Gasteiger partial charge in [0.25, 0.3) is 0 Å². The van der Waals surface area contributed by atoms with E-state index >= 15 is 0 Å². The second kappa shape index (κ2) is 5.42. The van der Waals surface area contributed by atoms with E-state index in [9.17, 15) is 4.79 Å². The Bertz CT molecular complexity index is 405. The van der Waals surface area contributed by atoms with Crippen molar-refractivity contribution in [3.8, 4) is 0 Å². The summed E-state index contributed by atoms with van der Waals surface area (Å²) in [5, 5.41) is 0. The van der Waals surface area contributed by atoms with E-state index in [-0.39, 0.29) is 5.97 Å². The Morgan fingerprint density at radius 3 is 2.39 bits per heavy atom. The Labute approximate surface area is 108 Å². The van der Waals surface area contributed by atoms with Crippen molar-refractivity contribution in [1.29, 1.82) is 0 Å². The molecule has 1 aromatic carbocycles. The molecule has 1 aliphatic carbocycles. The summed E-state index contributed by atoms with van der Waals surface area (Å²) in [4.78, 5) is 12.4. The topological polar surface area (TPSA) is 52.3 Å². The number of hydrogen-bond donors (Lipinski definition) is 1. The van der Waals surface area contributed by atoms with Crippen LogP contribution in [0.1, 0.15) is 44.6 Å². The lowest BCUT2D eigenvalue weighted by Crippen LogP contribution is -2.39. The quantitative estimate of drug-likeness (QED) is 0.659. The minimum absolute atomic E-state index is 0.0746. The van der Waals surface area contributed by atoms with Gasteiger partial charge in [0.1, 0.15) is 0 Å². The Morgan fingerprint density at radius 1 is 1.22 bits per heavy atom. The van der Waals surface area contributed by atoms with Gasteiger partial charge in [0.2, 0.25) is 0 Å². The van der Waals surface area contributed by atoms with Crippen molar-refractivity contribution >= 4 is 11.7 Å². The van der Waals surface area contributed by atoms with Crippen molar-refractivity contribution in [2.45, 2.75) is 44.4 Å². The molecule has 0 spiro atoms. The minimum Gasteiger partial charge on any atom is -0.465 e. The molecule has 0 atom stereocenters. The molecule has 0 saturated heterocycles. The molecular weight excluding hydrogens is 226 g/mol. The summed E-state index contributed by atoms with van der Waals surface area (Å²) in [5.41, 5.74) is 7.06. The van der Waals surface area contributed by atoms with Crippen LogP contribution in [0, 0.1) is 0 Å². The number of esters is 1. The smallest absolute Gasteiger partial charge is 0.316 e. The van der Waals surface area contributed by atoms with E-state index in [2.05, 4.69) is 0 Å². The van der Waals surface area contributed by atoms with Gasteiger partial charge in [-0.15, -0.1) is 0 Å². The highest BCUT2D eigenvalue weighted by Crippen LogP contribution is 2.40. The number of ether oxygens (including phenoxy) is 1. The maximum Gasteiger partial charge on any atom is 0.316 e. The van der Waals surface area contributed by atoms with Crippen LogP contribution in [-0.2, 0) is 14.9 Å². The fraction of sp³-hybridized carbons (Fsp3) is 0.533. The van der Waals surface area contributed by atoms with E-state index in [0.29, 0.717) is 6.61 Å². The first kappa shape index (κ1) is 12.9. The molecule has 3 heteroatoms. The molecule has 0 radical (unpaired) electrons. The van der Waals surface area contributed by atoms with Crippen LogP contribution in [0.4, 0.5) is 5.69 Å². The predicted octanol–water partition coefficient (Wildman–Crippen LogP) is 3.03. The summed E-state index contributed by atoms with van der Waals surface area (Å²) >= 11 is 0. The normalized spacial score (nSPS) is 18.3. The van der Waals surface area contributed by atoms with Crippen LogP contribution in [0.25, 0.3) is 0 Å². The number of nitrogens with two attached hydrogens (primary N) is 1. The summed E-state index contributed by atoms with van der Waals surface area (Å²) in [6.07, 6.45) is 5.15. The highest BCUT2D eigenvalue weighted by molar-refractivity contribution is 5.83. The fourth-order valence-electron chi connectivity index (χ4n) is 2.84. The van der Waals surface area contributed by atoms with Crippen LogP contribution in [0.2, 0.25) is 0 Å².